The second-order valence-corrected chi connectivity index (χ2v) is 7.87. The number of amides is 1. The standard InChI is InChI=1S/C22H21ClN4O3/c1-14(16-5-3-2-4-6-16)26-21(29)19(20(28)24-13-15-7-8-15)25-27(22(26)30)18-11-9-17(23)10-12-18/h2-6,9-12,14-15H,7-8,13H2,1H3,(H,24,28). The second kappa shape index (κ2) is 8.28. The maximum Gasteiger partial charge on any atom is 0.352 e. The Hall–Kier alpha value is -3.19. The van der Waals surface area contributed by atoms with Crippen LogP contribution < -0.4 is 16.6 Å². The SMILES string of the molecule is CC(c1ccccc1)n1c(=O)c(C(=O)NCC2CC2)nn(-c2ccc(Cl)cc2)c1=O. The summed E-state index contributed by atoms with van der Waals surface area (Å²) in [6.45, 7) is 2.24. The number of nitrogens with zero attached hydrogens (tertiary/aromatic N) is 3. The van der Waals surface area contributed by atoms with Crippen molar-refractivity contribution in [3.05, 3.63) is 91.7 Å². The van der Waals surface area contributed by atoms with E-state index in [1.165, 1.54) is 0 Å². The fourth-order valence-corrected chi connectivity index (χ4v) is 3.37. The van der Waals surface area contributed by atoms with Crippen molar-refractivity contribution in [2.75, 3.05) is 6.54 Å². The average molecular weight is 425 g/mol. The van der Waals surface area contributed by atoms with Crippen LogP contribution in [0, 0.1) is 5.92 Å². The van der Waals surface area contributed by atoms with Crippen molar-refractivity contribution in [3.8, 4) is 5.69 Å². The van der Waals surface area contributed by atoms with Crippen LogP contribution in [0.15, 0.2) is 64.2 Å². The molecule has 1 atom stereocenters. The highest BCUT2D eigenvalue weighted by Gasteiger charge is 2.26. The van der Waals surface area contributed by atoms with Crippen LogP contribution in [0.25, 0.3) is 5.69 Å². The maximum absolute atomic E-state index is 13.2. The quantitative estimate of drug-likeness (QED) is 0.659. The fraction of sp³-hybridized carbons (Fsp3) is 0.273. The molecule has 1 amide bonds. The van der Waals surface area contributed by atoms with Gasteiger partial charge in [-0.05, 0) is 55.5 Å². The highest BCUT2D eigenvalue weighted by molar-refractivity contribution is 6.30. The van der Waals surface area contributed by atoms with E-state index in [1.54, 1.807) is 31.2 Å². The molecular formula is C22H21ClN4O3. The molecule has 2 aromatic carbocycles. The van der Waals surface area contributed by atoms with Gasteiger partial charge in [-0.25, -0.2) is 9.36 Å². The first-order valence-corrected chi connectivity index (χ1v) is 10.2. The highest BCUT2D eigenvalue weighted by atomic mass is 35.5. The van der Waals surface area contributed by atoms with Gasteiger partial charge in [0.15, 0.2) is 0 Å². The summed E-state index contributed by atoms with van der Waals surface area (Å²) in [7, 11) is 0. The number of hydrogen-bond donors (Lipinski definition) is 1. The summed E-state index contributed by atoms with van der Waals surface area (Å²) in [6.07, 6.45) is 2.13. The van der Waals surface area contributed by atoms with Gasteiger partial charge in [-0.2, -0.15) is 9.78 Å². The Morgan fingerprint density at radius 2 is 1.80 bits per heavy atom. The van der Waals surface area contributed by atoms with Crippen molar-refractivity contribution < 1.29 is 4.79 Å². The van der Waals surface area contributed by atoms with Crippen LogP contribution >= 0.6 is 11.6 Å². The lowest BCUT2D eigenvalue weighted by Crippen LogP contribution is -2.47. The Bertz CT molecular complexity index is 1180. The monoisotopic (exact) mass is 424 g/mol. The third-order valence-electron chi connectivity index (χ3n) is 5.21. The minimum Gasteiger partial charge on any atom is -0.350 e. The van der Waals surface area contributed by atoms with Crippen molar-refractivity contribution in [2.45, 2.75) is 25.8 Å². The van der Waals surface area contributed by atoms with E-state index in [9.17, 15) is 14.4 Å². The molecule has 1 heterocycles. The summed E-state index contributed by atoms with van der Waals surface area (Å²) in [4.78, 5) is 39.1. The molecule has 0 saturated heterocycles. The predicted molar refractivity (Wildman–Crippen MR) is 114 cm³/mol. The van der Waals surface area contributed by atoms with Gasteiger partial charge in [0.1, 0.15) is 0 Å². The minimum absolute atomic E-state index is 0.312. The number of hydrogen-bond acceptors (Lipinski definition) is 4. The first kappa shape index (κ1) is 20.1. The Morgan fingerprint density at radius 3 is 2.43 bits per heavy atom. The van der Waals surface area contributed by atoms with Crippen LogP contribution in [0.3, 0.4) is 0 Å². The van der Waals surface area contributed by atoms with Crippen molar-refractivity contribution >= 4 is 17.5 Å². The van der Waals surface area contributed by atoms with Gasteiger partial charge >= 0.3 is 5.69 Å². The lowest BCUT2D eigenvalue weighted by atomic mass is 10.1. The lowest BCUT2D eigenvalue weighted by Gasteiger charge is -2.17. The summed E-state index contributed by atoms with van der Waals surface area (Å²) in [5.41, 5.74) is -0.468. The molecule has 3 aromatic rings. The van der Waals surface area contributed by atoms with Crippen LogP contribution in [0.4, 0.5) is 0 Å². The summed E-state index contributed by atoms with van der Waals surface area (Å²) in [5.74, 6) is -0.134. The number of aromatic nitrogens is 3. The van der Waals surface area contributed by atoms with Gasteiger partial charge in [0, 0.05) is 11.6 Å². The molecule has 30 heavy (non-hydrogen) atoms. The van der Waals surface area contributed by atoms with Gasteiger partial charge < -0.3 is 5.32 Å². The van der Waals surface area contributed by atoms with Crippen molar-refractivity contribution in [1.82, 2.24) is 19.7 Å². The summed E-state index contributed by atoms with van der Waals surface area (Å²) in [5, 5.41) is 7.39. The van der Waals surface area contributed by atoms with E-state index in [1.807, 2.05) is 30.3 Å². The zero-order chi connectivity index (χ0) is 21.3. The van der Waals surface area contributed by atoms with Crippen molar-refractivity contribution in [3.63, 3.8) is 0 Å². The molecule has 1 aliphatic rings. The molecule has 1 N–H and O–H groups in total. The van der Waals surface area contributed by atoms with Gasteiger partial charge in [0.2, 0.25) is 5.69 Å². The molecule has 0 bridgehead atoms. The molecule has 1 aliphatic carbocycles. The highest BCUT2D eigenvalue weighted by Crippen LogP contribution is 2.27. The van der Waals surface area contributed by atoms with Crippen molar-refractivity contribution in [1.29, 1.82) is 0 Å². The Kier molecular flexibility index (Phi) is 5.55. The van der Waals surface area contributed by atoms with Gasteiger partial charge in [-0.15, -0.1) is 0 Å². The second-order valence-electron chi connectivity index (χ2n) is 7.43. The van der Waals surface area contributed by atoms with Gasteiger partial charge in [-0.3, -0.25) is 9.59 Å². The van der Waals surface area contributed by atoms with Crippen LogP contribution in [0.1, 0.15) is 41.9 Å². The van der Waals surface area contributed by atoms with Gasteiger partial charge in [-0.1, -0.05) is 41.9 Å². The molecule has 1 aromatic heterocycles. The molecule has 0 radical (unpaired) electrons. The van der Waals surface area contributed by atoms with Crippen LogP contribution in [-0.4, -0.2) is 26.8 Å². The minimum atomic E-state index is -0.713. The molecule has 8 heteroatoms. The molecule has 1 fully saturated rings. The zero-order valence-corrected chi connectivity index (χ0v) is 17.2. The Morgan fingerprint density at radius 1 is 1.13 bits per heavy atom. The van der Waals surface area contributed by atoms with Crippen LogP contribution in [0.5, 0.6) is 0 Å². The summed E-state index contributed by atoms with van der Waals surface area (Å²) < 4.78 is 2.15. The largest absolute Gasteiger partial charge is 0.352 e. The molecule has 154 valence electrons. The first-order valence-electron chi connectivity index (χ1n) is 9.80. The number of rotatable bonds is 6. The maximum atomic E-state index is 13.2. The van der Waals surface area contributed by atoms with Crippen molar-refractivity contribution in [2.24, 2.45) is 5.92 Å². The predicted octanol–water partition coefficient (Wildman–Crippen LogP) is 2.80. The van der Waals surface area contributed by atoms with E-state index in [2.05, 4.69) is 10.4 Å². The molecule has 4 rings (SSSR count). The Balaban J connectivity index is 1.86. The number of halogens is 1. The molecule has 7 nitrogen and oxygen atoms in total. The number of benzene rings is 2. The number of carbonyl (C=O) groups is 1. The smallest absolute Gasteiger partial charge is 0.350 e. The van der Waals surface area contributed by atoms with E-state index in [-0.39, 0.29) is 5.69 Å². The molecule has 1 unspecified atom stereocenters. The van der Waals surface area contributed by atoms with Crippen LogP contribution in [0.2, 0.25) is 5.02 Å². The molecule has 0 aliphatic heterocycles. The summed E-state index contributed by atoms with van der Waals surface area (Å²) in [6, 6.07) is 15.1. The van der Waals surface area contributed by atoms with Gasteiger partial charge in [0.05, 0.1) is 11.7 Å². The molecule has 1 saturated carbocycles. The van der Waals surface area contributed by atoms with Crippen LogP contribution in [-0.2, 0) is 0 Å². The fourth-order valence-electron chi connectivity index (χ4n) is 3.25. The number of carbonyl (C=O) groups excluding carboxylic acids is 1. The topological polar surface area (TPSA) is 86.0 Å². The first-order chi connectivity index (χ1) is 14.5. The van der Waals surface area contributed by atoms with Gasteiger partial charge in [0.25, 0.3) is 11.5 Å². The van der Waals surface area contributed by atoms with E-state index in [0.29, 0.717) is 23.2 Å². The third kappa shape index (κ3) is 4.07. The summed E-state index contributed by atoms with van der Waals surface area (Å²) >= 11 is 5.96. The van der Waals surface area contributed by atoms with E-state index >= 15 is 0 Å². The third-order valence-corrected chi connectivity index (χ3v) is 5.46. The van der Waals surface area contributed by atoms with E-state index < -0.39 is 23.2 Å². The molecule has 0 spiro atoms. The normalized spacial score (nSPS) is 14.3. The average Bonchev–Trinajstić information content (AvgIpc) is 3.58. The zero-order valence-electron chi connectivity index (χ0n) is 16.4. The van der Waals surface area contributed by atoms with E-state index in [4.69, 9.17) is 11.6 Å². The molecular weight excluding hydrogens is 404 g/mol. The lowest BCUT2D eigenvalue weighted by molar-refractivity contribution is 0.0941. The Labute approximate surface area is 177 Å². The van der Waals surface area contributed by atoms with E-state index in [0.717, 1.165) is 27.7 Å². The number of nitrogens with one attached hydrogen (secondary N) is 1.